The normalized spacial score (nSPS) is 44.6. The number of nitrogens with one attached hydrogen (secondary N) is 8. The van der Waals surface area contributed by atoms with E-state index in [0.717, 1.165) is 41.5 Å². The second-order valence-corrected chi connectivity index (χ2v) is 27.8. The molecule has 8 fully saturated rings. The highest BCUT2D eigenvalue weighted by molar-refractivity contribution is 5.82. The SMILES string of the molecule is CC(=O)N[C@@H]1[C@@H](O[C@H]2O[C@H](C(N)=O)[C@H](O[C@H]3O[C@H](C(N)=O)[C@H](O[C@@H]4O[C@H](C)[C@@H](NC=O)[C@H](O)[C@H]4O[C@@H]4O[C@H](C)[C@@H](O)[C@H](O[C@H]5O[C@H](C(N)=O)[C@H](O[C@H]6O[C@H](C(N)=O)[C@H](O[C@@H]7O[C@H](C)[C@@H](NC=O)[C@H](O)[C@H]7O)[C@H](O)[C@H]6NC(C)=O)[C@H](O)[C@H]5NC(C)=O)[C@H]4NC(C)=O)[C@H](O)[C@H]3NC(C)=O)[C@H](O)[C@H]2NC(C)=O)[C@H](O)[C@@H](C)O[C@H]1O. The van der Waals surface area contributed by atoms with Crippen molar-refractivity contribution in [1.29, 1.82) is 0 Å². The van der Waals surface area contributed by atoms with Gasteiger partial charge in [0.2, 0.25) is 71.9 Å². The molecule has 0 aromatic heterocycles. The molecular formula is C62H98N12O37. The van der Waals surface area contributed by atoms with E-state index < -0.39 is 304 Å². The molecule has 0 bridgehead atoms. The lowest BCUT2D eigenvalue weighted by Crippen LogP contribution is -2.73. The highest BCUT2D eigenvalue weighted by Crippen LogP contribution is 2.40. The van der Waals surface area contributed by atoms with Crippen molar-refractivity contribution in [3.05, 3.63) is 0 Å². The third-order valence-corrected chi connectivity index (χ3v) is 19.5. The highest BCUT2D eigenvalue weighted by Gasteiger charge is 2.62. The lowest BCUT2D eigenvalue weighted by atomic mass is 9.92. The lowest BCUT2D eigenvalue weighted by Gasteiger charge is -2.52. The van der Waals surface area contributed by atoms with Gasteiger partial charge in [-0.05, 0) is 27.7 Å². The van der Waals surface area contributed by atoms with Crippen molar-refractivity contribution in [1.82, 2.24) is 42.5 Å². The van der Waals surface area contributed by atoms with Gasteiger partial charge in [-0.15, -0.1) is 0 Å². The molecule has 8 heterocycles. The molecular weight excluding hydrogens is 1500 g/mol. The molecule has 12 amide bonds. The molecule has 628 valence electrons. The number of hydrogen-bond acceptors (Lipinski definition) is 37. The molecule has 0 radical (unpaired) electrons. The molecule has 0 aromatic rings. The van der Waals surface area contributed by atoms with E-state index in [4.69, 9.17) is 94.0 Å². The number of ether oxygens (including phenoxy) is 15. The van der Waals surface area contributed by atoms with Crippen LogP contribution in [0, 0.1) is 0 Å². The summed E-state index contributed by atoms with van der Waals surface area (Å²) in [6, 6.07) is -14.0. The molecule has 0 saturated carbocycles. The maximum absolute atomic E-state index is 13.7. The van der Waals surface area contributed by atoms with Crippen molar-refractivity contribution in [2.45, 2.75) is 314 Å². The first kappa shape index (κ1) is 89.2. The molecule has 0 aliphatic carbocycles. The molecule has 8 saturated heterocycles. The first-order valence-corrected chi connectivity index (χ1v) is 34.8. The topological polar surface area (TPSA) is 746 Å². The monoisotopic (exact) mass is 1600 g/mol. The van der Waals surface area contributed by atoms with E-state index in [1.807, 2.05) is 0 Å². The van der Waals surface area contributed by atoms with Crippen LogP contribution in [-0.4, -0.2) is 368 Å². The van der Waals surface area contributed by atoms with Crippen LogP contribution in [0.3, 0.4) is 0 Å². The number of nitrogens with two attached hydrogens (primary N) is 4. The minimum Gasteiger partial charge on any atom is -0.388 e. The van der Waals surface area contributed by atoms with Gasteiger partial charge in [-0.3, -0.25) is 57.5 Å². The van der Waals surface area contributed by atoms with Crippen molar-refractivity contribution < 1.29 is 180 Å². The molecule has 49 heteroatoms. The van der Waals surface area contributed by atoms with Crippen LogP contribution in [-0.2, 0) is 129 Å². The van der Waals surface area contributed by atoms with Gasteiger partial charge in [0.05, 0.1) is 36.5 Å². The van der Waals surface area contributed by atoms with E-state index in [9.17, 15) is 109 Å². The standard InChI is InChI=1S/C62H98N12O37/c1-13-23(67-11-75)33(85)39(91)61(98-13)105-44-37(89)27(71-19(7)79)58(110-49(44)53(65)94)103-43-36(88)26(70-18(6)78)57(109-48(43)52(64)93)102-41-30(74-22(10)82)60(100-16(4)32(41)84)107-46-34(86)24(68-12-76)14(2)99-62(46)106-45-38(90)28(72-20(8)80)59(111-50(45)54(66)95)104-42-35(87)25(69-17(5)77)56(108-47(42)51(63)92)101-40-29(73-21(9)81)55(96)97-15(3)31(40)83/h11-16,23-50,55-62,83-91,96H,1-10H3,(H2,63,92)(H2,64,93)(H2,65,94)(H2,66,95)(H,67,75)(H,68,76)(H,69,77)(H,70,78)(H,71,79)(H,72,80)(H,73,81)(H,74,82)/t13-,14-,15-,16-,23-,24-,25-,26-,27-,28-,29-,30-,31-,32-,33+,34+,35-,36-,37-,38-,39-,40-,41-,42-,43-,44-,45-,46-,47+,48+,49+,50+,55-,56+,57+,58+,59+,60+,61+,62+/m1/s1. The first-order chi connectivity index (χ1) is 52.0. The second kappa shape index (κ2) is 37.7. The van der Waals surface area contributed by atoms with Crippen molar-refractivity contribution in [2.75, 3.05) is 0 Å². The van der Waals surface area contributed by atoms with Gasteiger partial charge in [-0.25, -0.2) is 0 Å². The molecule has 8 aliphatic heterocycles. The van der Waals surface area contributed by atoms with Gasteiger partial charge in [-0.1, -0.05) is 0 Å². The Hall–Kier alpha value is -7.36. The van der Waals surface area contributed by atoms with Gasteiger partial charge in [-0.2, -0.15) is 0 Å². The molecule has 26 N–H and O–H groups in total. The molecule has 0 spiro atoms. The third kappa shape index (κ3) is 20.2. The summed E-state index contributed by atoms with van der Waals surface area (Å²) in [7, 11) is 0. The number of aliphatic hydroxyl groups is 10. The summed E-state index contributed by atoms with van der Waals surface area (Å²) < 4.78 is 90.2. The van der Waals surface area contributed by atoms with Crippen LogP contribution in [0.4, 0.5) is 0 Å². The zero-order chi connectivity index (χ0) is 82.5. The van der Waals surface area contributed by atoms with E-state index in [0.29, 0.717) is 0 Å². The predicted molar refractivity (Wildman–Crippen MR) is 351 cm³/mol. The maximum Gasteiger partial charge on any atom is 0.249 e. The van der Waals surface area contributed by atoms with Crippen molar-refractivity contribution >= 4 is 71.9 Å². The average Bonchev–Trinajstić information content (AvgIpc) is 0.762. The Bertz CT molecular complexity index is 3330. The fourth-order valence-corrected chi connectivity index (χ4v) is 14.3. The number of primary amides is 4. The van der Waals surface area contributed by atoms with Crippen molar-refractivity contribution in [2.24, 2.45) is 22.9 Å². The van der Waals surface area contributed by atoms with Crippen LogP contribution in [0.25, 0.3) is 0 Å². The minimum absolute atomic E-state index is 0.148. The number of hydrogen-bond donors (Lipinski definition) is 22. The summed E-state index contributed by atoms with van der Waals surface area (Å²) >= 11 is 0. The Morgan fingerprint density at radius 2 is 0.514 bits per heavy atom. The van der Waals surface area contributed by atoms with Gasteiger partial charge in [0.25, 0.3) is 0 Å². The number of amides is 12. The van der Waals surface area contributed by atoms with E-state index >= 15 is 0 Å². The van der Waals surface area contributed by atoms with Gasteiger partial charge >= 0.3 is 0 Å². The summed E-state index contributed by atoms with van der Waals surface area (Å²) in [5.41, 5.74) is 23.3. The zero-order valence-corrected chi connectivity index (χ0v) is 61.1. The van der Waals surface area contributed by atoms with Crippen LogP contribution in [0.1, 0.15) is 69.2 Å². The van der Waals surface area contributed by atoms with Crippen LogP contribution >= 0.6 is 0 Å². The molecule has 8 aliphatic rings. The quantitative estimate of drug-likeness (QED) is 0.0324. The van der Waals surface area contributed by atoms with E-state index in [1.165, 1.54) is 27.7 Å². The zero-order valence-electron chi connectivity index (χ0n) is 61.1. The number of carbonyl (C=O) groups excluding carboxylic acids is 12. The van der Waals surface area contributed by atoms with Gasteiger partial charge < -0.3 is 188 Å². The van der Waals surface area contributed by atoms with Crippen molar-refractivity contribution in [3.63, 3.8) is 0 Å². The molecule has 49 nitrogen and oxygen atoms in total. The number of aliphatic hydroxyl groups excluding tert-OH is 10. The lowest BCUT2D eigenvalue weighted by molar-refractivity contribution is -0.374. The predicted octanol–water partition coefficient (Wildman–Crippen LogP) is -16.0. The smallest absolute Gasteiger partial charge is 0.249 e. The Labute approximate surface area is 629 Å². The maximum atomic E-state index is 13.7. The molecule has 40 atom stereocenters. The van der Waals surface area contributed by atoms with Gasteiger partial charge in [0.1, 0.15) is 134 Å². The average molecular weight is 1600 g/mol. The highest BCUT2D eigenvalue weighted by atomic mass is 16.8. The molecule has 8 rings (SSSR count). The second-order valence-electron chi connectivity index (χ2n) is 27.8. The Balaban J connectivity index is 1.07. The van der Waals surface area contributed by atoms with Crippen LogP contribution in [0.2, 0.25) is 0 Å². The van der Waals surface area contributed by atoms with Crippen molar-refractivity contribution in [3.8, 4) is 0 Å². The summed E-state index contributed by atoms with van der Waals surface area (Å²) in [6.45, 7) is 11.0. The van der Waals surface area contributed by atoms with Gasteiger partial charge in [0, 0.05) is 41.5 Å². The number of carbonyl (C=O) groups is 12. The summed E-state index contributed by atoms with van der Waals surface area (Å²) in [4.78, 5) is 155. The fourth-order valence-electron chi connectivity index (χ4n) is 14.3. The van der Waals surface area contributed by atoms with E-state index in [-0.39, 0.29) is 12.8 Å². The Morgan fingerprint density at radius 1 is 0.270 bits per heavy atom. The van der Waals surface area contributed by atoms with Crippen LogP contribution < -0.4 is 65.5 Å². The summed E-state index contributed by atoms with van der Waals surface area (Å²) in [5.74, 6) is -11.3. The largest absolute Gasteiger partial charge is 0.388 e. The minimum atomic E-state index is -2.35. The Morgan fingerprint density at radius 3 is 0.847 bits per heavy atom. The first-order valence-electron chi connectivity index (χ1n) is 34.8. The Kier molecular flexibility index (Phi) is 30.3. The molecule has 0 unspecified atom stereocenters. The van der Waals surface area contributed by atoms with Crippen LogP contribution in [0.5, 0.6) is 0 Å². The fraction of sp³-hybridized carbons (Fsp3) is 0.806. The molecule has 0 aromatic carbocycles. The summed E-state index contributed by atoms with van der Waals surface area (Å²) in [5, 5.41) is 136. The summed E-state index contributed by atoms with van der Waals surface area (Å²) in [6.07, 6.45) is -63.5. The van der Waals surface area contributed by atoms with E-state index in [2.05, 4.69) is 42.5 Å². The number of rotatable bonds is 28. The molecule has 111 heavy (non-hydrogen) atoms. The third-order valence-electron chi connectivity index (χ3n) is 19.5. The van der Waals surface area contributed by atoms with E-state index in [1.54, 1.807) is 0 Å². The van der Waals surface area contributed by atoms with Crippen LogP contribution in [0.15, 0.2) is 0 Å². The van der Waals surface area contributed by atoms with Gasteiger partial charge in [0.15, 0.2) is 74.7 Å².